The largest absolute Gasteiger partial charge is 0.464 e. The summed E-state index contributed by atoms with van der Waals surface area (Å²) in [4.78, 5) is 22.6. The molecule has 0 unspecified atom stereocenters. The number of carbonyl (C=O) groups is 2. The van der Waals surface area contributed by atoms with Gasteiger partial charge in [-0.15, -0.1) is 0 Å². The van der Waals surface area contributed by atoms with Crippen molar-refractivity contribution in [3.05, 3.63) is 0 Å². The molecule has 0 aromatic carbocycles. The lowest BCUT2D eigenvalue weighted by Crippen LogP contribution is -2.19. The molecule has 0 heterocycles. The predicted octanol–water partition coefficient (Wildman–Crippen LogP) is 3.25. The number of carbonyl (C=O) groups excluding carboxylic acids is 2. The molecule has 0 bridgehead atoms. The molecule has 0 radical (unpaired) electrons. The van der Waals surface area contributed by atoms with E-state index in [0.29, 0.717) is 13.2 Å². The fraction of sp³-hybridized carbons (Fsp3) is 0.875. The monoisotopic (exact) mass is 302 g/mol. The second kappa shape index (κ2) is 15.3. The maximum absolute atomic E-state index is 11.3. The molecule has 0 saturated heterocycles. The molecule has 0 spiro atoms. The van der Waals surface area contributed by atoms with Crippen LogP contribution in [0.25, 0.3) is 0 Å². The third-order valence-corrected chi connectivity index (χ3v) is 2.96. The van der Waals surface area contributed by atoms with Crippen molar-refractivity contribution < 1.29 is 23.8 Å². The second-order valence-corrected chi connectivity index (χ2v) is 5.06. The first kappa shape index (κ1) is 19.9. The predicted molar refractivity (Wildman–Crippen MR) is 81.0 cm³/mol. The Kier molecular flexibility index (Phi) is 14.5. The summed E-state index contributed by atoms with van der Waals surface area (Å²) in [5.74, 6) is -0.857. The highest BCUT2D eigenvalue weighted by molar-refractivity contribution is 5.73. The van der Waals surface area contributed by atoms with E-state index in [9.17, 15) is 9.59 Å². The van der Waals surface area contributed by atoms with Crippen LogP contribution in [-0.2, 0) is 23.8 Å². The Labute approximate surface area is 128 Å². The van der Waals surface area contributed by atoms with E-state index < -0.39 is 11.9 Å². The quantitative estimate of drug-likeness (QED) is 0.364. The summed E-state index contributed by atoms with van der Waals surface area (Å²) >= 11 is 0. The fourth-order valence-corrected chi connectivity index (χ4v) is 1.73. The van der Waals surface area contributed by atoms with Gasteiger partial charge in [-0.1, -0.05) is 52.4 Å². The first-order valence-electron chi connectivity index (χ1n) is 8.09. The summed E-state index contributed by atoms with van der Waals surface area (Å²) in [5.41, 5.74) is 0. The molecule has 5 nitrogen and oxygen atoms in total. The number of hydrogen-bond donors (Lipinski definition) is 0. The van der Waals surface area contributed by atoms with E-state index in [4.69, 9.17) is 14.2 Å². The molecular formula is C16H30O5. The molecule has 0 saturated carbocycles. The molecule has 0 atom stereocenters. The van der Waals surface area contributed by atoms with Crippen LogP contribution in [0.4, 0.5) is 0 Å². The van der Waals surface area contributed by atoms with Crippen LogP contribution in [0, 0.1) is 0 Å². The van der Waals surface area contributed by atoms with E-state index in [-0.39, 0.29) is 13.2 Å². The fourth-order valence-electron chi connectivity index (χ4n) is 1.73. The van der Waals surface area contributed by atoms with Crippen LogP contribution in [0.15, 0.2) is 0 Å². The van der Waals surface area contributed by atoms with E-state index in [1.807, 2.05) is 0 Å². The smallest absolute Gasteiger partial charge is 0.332 e. The SMILES string of the molecule is CCCCCCOC(=O)COCC(=O)OCCCCCC. The Bertz CT molecular complexity index is 239. The van der Waals surface area contributed by atoms with Gasteiger partial charge in [-0.05, 0) is 12.8 Å². The van der Waals surface area contributed by atoms with E-state index in [1.54, 1.807) is 0 Å². The highest BCUT2D eigenvalue weighted by atomic mass is 16.6. The van der Waals surface area contributed by atoms with Crippen LogP contribution in [0.3, 0.4) is 0 Å². The lowest BCUT2D eigenvalue weighted by atomic mass is 10.2. The van der Waals surface area contributed by atoms with Gasteiger partial charge < -0.3 is 14.2 Å². The number of unbranched alkanes of at least 4 members (excludes halogenated alkanes) is 6. The van der Waals surface area contributed by atoms with Crippen molar-refractivity contribution in [1.29, 1.82) is 0 Å². The van der Waals surface area contributed by atoms with Gasteiger partial charge >= 0.3 is 11.9 Å². The van der Waals surface area contributed by atoms with Gasteiger partial charge in [-0.3, -0.25) is 0 Å². The molecule has 0 aromatic rings. The molecule has 0 rings (SSSR count). The zero-order valence-electron chi connectivity index (χ0n) is 13.5. The normalized spacial score (nSPS) is 10.4. The van der Waals surface area contributed by atoms with Gasteiger partial charge in [-0.2, -0.15) is 0 Å². The Morgan fingerprint density at radius 1 is 0.667 bits per heavy atom. The van der Waals surface area contributed by atoms with E-state index in [0.717, 1.165) is 51.4 Å². The van der Waals surface area contributed by atoms with Crippen LogP contribution in [-0.4, -0.2) is 38.4 Å². The van der Waals surface area contributed by atoms with E-state index >= 15 is 0 Å². The van der Waals surface area contributed by atoms with Gasteiger partial charge in [0.2, 0.25) is 0 Å². The van der Waals surface area contributed by atoms with Gasteiger partial charge in [0.05, 0.1) is 13.2 Å². The van der Waals surface area contributed by atoms with Crippen LogP contribution in [0.5, 0.6) is 0 Å². The molecule has 0 N–H and O–H groups in total. The topological polar surface area (TPSA) is 61.8 Å². The minimum absolute atomic E-state index is 0.196. The third-order valence-electron chi connectivity index (χ3n) is 2.96. The minimum Gasteiger partial charge on any atom is -0.464 e. The number of ether oxygens (including phenoxy) is 3. The summed E-state index contributed by atoms with van der Waals surface area (Å²) in [7, 11) is 0. The van der Waals surface area contributed by atoms with Gasteiger partial charge in [0.15, 0.2) is 0 Å². The Hall–Kier alpha value is -1.10. The van der Waals surface area contributed by atoms with Gasteiger partial charge in [-0.25, -0.2) is 9.59 Å². The van der Waals surface area contributed by atoms with Crippen LogP contribution < -0.4 is 0 Å². The second-order valence-electron chi connectivity index (χ2n) is 5.06. The highest BCUT2D eigenvalue weighted by Gasteiger charge is 2.07. The Balaban J connectivity index is 3.34. The number of hydrogen-bond acceptors (Lipinski definition) is 5. The molecule has 0 aliphatic carbocycles. The molecule has 0 amide bonds. The number of esters is 2. The zero-order valence-corrected chi connectivity index (χ0v) is 13.5. The average molecular weight is 302 g/mol. The maximum atomic E-state index is 11.3. The summed E-state index contributed by atoms with van der Waals surface area (Å²) in [6, 6.07) is 0. The van der Waals surface area contributed by atoms with Crippen molar-refractivity contribution in [2.75, 3.05) is 26.4 Å². The van der Waals surface area contributed by atoms with Crippen LogP contribution in [0.2, 0.25) is 0 Å². The van der Waals surface area contributed by atoms with Gasteiger partial charge in [0.25, 0.3) is 0 Å². The molecule has 0 fully saturated rings. The molecule has 0 aliphatic heterocycles. The summed E-state index contributed by atoms with van der Waals surface area (Å²) in [6.07, 6.45) is 8.48. The molecule has 0 aromatic heterocycles. The average Bonchev–Trinajstić information content (AvgIpc) is 2.47. The number of rotatable bonds is 14. The summed E-state index contributed by atoms with van der Waals surface area (Å²) < 4.78 is 14.9. The maximum Gasteiger partial charge on any atom is 0.332 e. The van der Waals surface area contributed by atoms with Crippen molar-refractivity contribution in [3.63, 3.8) is 0 Å². The van der Waals surface area contributed by atoms with Crippen molar-refractivity contribution in [2.45, 2.75) is 65.2 Å². The summed E-state index contributed by atoms with van der Waals surface area (Å²) in [5, 5.41) is 0. The Morgan fingerprint density at radius 2 is 1.10 bits per heavy atom. The first-order chi connectivity index (χ1) is 10.2. The molecule has 0 aliphatic rings. The molecule has 5 heteroatoms. The molecule has 21 heavy (non-hydrogen) atoms. The third kappa shape index (κ3) is 15.1. The van der Waals surface area contributed by atoms with Crippen molar-refractivity contribution in [2.24, 2.45) is 0 Å². The van der Waals surface area contributed by atoms with E-state index in [2.05, 4.69) is 13.8 Å². The molecule has 124 valence electrons. The van der Waals surface area contributed by atoms with Crippen molar-refractivity contribution in [3.8, 4) is 0 Å². The van der Waals surface area contributed by atoms with Crippen molar-refractivity contribution >= 4 is 11.9 Å². The molecular weight excluding hydrogens is 272 g/mol. The lowest BCUT2D eigenvalue weighted by Gasteiger charge is -2.06. The highest BCUT2D eigenvalue weighted by Crippen LogP contribution is 2.00. The van der Waals surface area contributed by atoms with Gasteiger partial charge in [0, 0.05) is 0 Å². The van der Waals surface area contributed by atoms with Crippen LogP contribution >= 0.6 is 0 Å². The van der Waals surface area contributed by atoms with Crippen molar-refractivity contribution in [1.82, 2.24) is 0 Å². The standard InChI is InChI=1S/C16H30O5/c1-3-5-7-9-11-20-15(17)13-19-14-16(18)21-12-10-8-6-4-2/h3-14H2,1-2H3. The summed E-state index contributed by atoms with van der Waals surface area (Å²) in [6.45, 7) is 4.71. The van der Waals surface area contributed by atoms with E-state index in [1.165, 1.54) is 0 Å². The Morgan fingerprint density at radius 3 is 1.48 bits per heavy atom. The zero-order chi connectivity index (χ0) is 15.8. The lowest BCUT2D eigenvalue weighted by molar-refractivity contribution is -0.155. The van der Waals surface area contributed by atoms with Crippen LogP contribution in [0.1, 0.15) is 65.2 Å². The minimum atomic E-state index is -0.428. The first-order valence-corrected chi connectivity index (χ1v) is 8.09. The van der Waals surface area contributed by atoms with Gasteiger partial charge in [0.1, 0.15) is 13.2 Å².